The monoisotopic (exact) mass is 277 g/mol. The van der Waals surface area contributed by atoms with Gasteiger partial charge in [-0.25, -0.2) is 4.79 Å². The molecule has 4 heteroatoms. The quantitative estimate of drug-likeness (QED) is 0.812. The molecule has 0 amide bonds. The van der Waals surface area contributed by atoms with Crippen molar-refractivity contribution in [1.82, 2.24) is 0 Å². The van der Waals surface area contributed by atoms with Crippen LogP contribution in [0.1, 0.15) is 36.2 Å². The van der Waals surface area contributed by atoms with Gasteiger partial charge in [-0.05, 0) is 36.5 Å². The fourth-order valence-electron chi connectivity index (χ4n) is 2.63. The van der Waals surface area contributed by atoms with E-state index in [1.807, 2.05) is 12.1 Å². The van der Waals surface area contributed by atoms with Gasteiger partial charge in [0.1, 0.15) is 0 Å². The number of carboxylic acid groups (broad SMARTS) is 1. The molecular weight excluding hydrogens is 254 g/mol. The lowest BCUT2D eigenvalue weighted by atomic mass is 9.96. The maximum atomic E-state index is 11.3. The average molecular weight is 277 g/mol. The summed E-state index contributed by atoms with van der Waals surface area (Å²) in [5.41, 5.74) is 2.47. The Bertz CT molecular complexity index is 471. The molecule has 1 heterocycles. The van der Waals surface area contributed by atoms with Gasteiger partial charge in [0.05, 0.1) is 12.2 Å². The largest absolute Gasteiger partial charge is 0.478 e. The van der Waals surface area contributed by atoms with Crippen LogP contribution < -0.4 is 4.90 Å². The lowest BCUT2D eigenvalue weighted by Crippen LogP contribution is -2.33. The van der Waals surface area contributed by atoms with E-state index in [2.05, 4.69) is 18.7 Å². The summed E-state index contributed by atoms with van der Waals surface area (Å²) in [4.78, 5) is 13.5. The minimum absolute atomic E-state index is 0.440. The molecule has 1 aromatic carbocycles. The Kier molecular flexibility index (Phi) is 5.01. The van der Waals surface area contributed by atoms with E-state index in [0.717, 1.165) is 43.8 Å². The Hall–Kier alpha value is -1.55. The van der Waals surface area contributed by atoms with Gasteiger partial charge in [-0.1, -0.05) is 19.9 Å². The van der Waals surface area contributed by atoms with Gasteiger partial charge in [-0.15, -0.1) is 0 Å². The van der Waals surface area contributed by atoms with E-state index in [1.54, 1.807) is 6.07 Å². The van der Waals surface area contributed by atoms with Crippen molar-refractivity contribution in [1.29, 1.82) is 0 Å². The molecule has 2 rings (SSSR count). The van der Waals surface area contributed by atoms with Crippen molar-refractivity contribution in [3.05, 3.63) is 29.3 Å². The van der Waals surface area contributed by atoms with Gasteiger partial charge in [0.15, 0.2) is 0 Å². The third-order valence-electron chi connectivity index (χ3n) is 3.53. The molecule has 20 heavy (non-hydrogen) atoms. The number of carboxylic acids is 1. The van der Waals surface area contributed by atoms with Gasteiger partial charge in [-0.2, -0.15) is 0 Å². The van der Waals surface area contributed by atoms with E-state index >= 15 is 0 Å². The number of benzene rings is 1. The Labute approximate surface area is 120 Å². The summed E-state index contributed by atoms with van der Waals surface area (Å²) in [7, 11) is 0. The average Bonchev–Trinajstić information content (AvgIpc) is 2.42. The van der Waals surface area contributed by atoms with Gasteiger partial charge in [0.2, 0.25) is 0 Å². The van der Waals surface area contributed by atoms with Crippen LogP contribution in [-0.4, -0.2) is 37.4 Å². The molecule has 1 aromatic rings. The molecule has 0 fully saturated rings. The second kappa shape index (κ2) is 6.75. The zero-order valence-electron chi connectivity index (χ0n) is 12.3. The van der Waals surface area contributed by atoms with E-state index < -0.39 is 5.97 Å². The first-order valence-electron chi connectivity index (χ1n) is 7.27. The van der Waals surface area contributed by atoms with E-state index in [0.29, 0.717) is 18.1 Å². The van der Waals surface area contributed by atoms with Gasteiger partial charge in [0, 0.05) is 25.4 Å². The number of anilines is 1. The summed E-state index contributed by atoms with van der Waals surface area (Å²) in [5.74, 6) is -0.290. The predicted octanol–water partition coefficient (Wildman–Crippen LogP) is 2.81. The smallest absolute Gasteiger partial charge is 0.336 e. The van der Waals surface area contributed by atoms with Crippen LogP contribution in [0.4, 0.5) is 5.69 Å². The highest BCUT2D eigenvalue weighted by atomic mass is 16.5. The highest BCUT2D eigenvalue weighted by Gasteiger charge is 2.21. The first-order chi connectivity index (χ1) is 9.59. The number of hydrogen-bond acceptors (Lipinski definition) is 3. The SMILES string of the molecule is CC(C)COCCN1CCCc2c(C(=O)O)cccc21. The van der Waals surface area contributed by atoms with Crippen molar-refractivity contribution < 1.29 is 14.6 Å². The summed E-state index contributed by atoms with van der Waals surface area (Å²) < 4.78 is 5.63. The summed E-state index contributed by atoms with van der Waals surface area (Å²) >= 11 is 0. The summed E-state index contributed by atoms with van der Waals surface area (Å²) in [6.07, 6.45) is 1.85. The number of nitrogens with zero attached hydrogens (tertiary/aromatic N) is 1. The molecule has 1 aliphatic rings. The van der Waals surface area contributed by atoms with Crippen molar-refractivity contribution in [3.63, 3.8) is 0 Å². The van der Waals surface area contributed by atoms with Gasteiger partial charge in [0.25, 0.3) is 0 Å². The molecule has 0 saturated heterocycles. The molecule has 0 aliphatic carbocycles. The van der Waals surface area contributed by atoms with E-state index in [9.17, 15) is 9.90 Å². The summed E-state index contributed by atoms with van der Waals surface area (Å²) in [6, 6.07) is 5.54. The molecule has 0 atom stereocenters. The van der Waals surface area contributed by atoms with Crippen molar-refractivity contribution in [2.24, 2.45) is 5.92 Å². The van der Waals surface area contributed by atoms with E-state index in [4.69, 9.17) is 4.74 Å². The van der Waals surface area contributed by atoms with Crippen LogP contribution in [0.2, 0.25) is 0 Å². The minimum Gasteiger partial charge on any atom is -0.478 e. The van der Waals surface area contributed by atoms with Crippen LogP contribution in [0.3, 0.4) is 0 Å². The second-order valence-corrected chi connectivity index (χ2v) is 5.67. The third kappa shape index (κ3) is 3.51. The van der Waals surface area contributed by atoms with Crippen LogP contribution in [0.5, 0.6) is 0 Å². The molecule has 1 N–H and O–H groups in total. The summed E-state index contributed by atoms with van der Waals surface area (Å²) in [5, 5.41) is 9.26. The van der Waals surface area contributed by atoms with Gasteiger partial charge >= 0.3 is 5.97 Å². The molecule has 0 aromatic heterocycles. The number of hydrogen-bond donors (Lipinski definition) is 1. The number of fused-ring (bicyclic) bond motifs is 1. The predicted molar refractivity (Wildman–Crippen MR) is 79.6 cm³/mol. The highest BCUT2D eigenvalue weighted by molar-refractivity contribution is 5.91. The van der Waals surface area contributed by atoms with Crippen molar-refractivity contribution in [3.8, 4) is 0 Å². The number of carbonyl (C=O) groups is 1. The lowest BCUT2D eigenvalue weighted by molar-refractivity contribution is 0.0695. The fourth-order valence-corrected chi connectivity index (χ4v) is 2.63. The first kappa shape index (κ1) is 14.9. The Morgan fingerprint density at radius 3 is 2.95 bits per heavy atom. The molecule has 0 spiro atoms. The van der Waals surface area contributed by atoms with Gasteiger partial charge < -0.3 is 14.7 Å². The highest BCUT2D eigenvalue weighted by Crippen LogP contribution is 2.29. The Balaban J connectivity index is 2.05. The molecule has 110 valence electrons. The van der Waals surface area contributed by atoms with Gasteiger partial charge in [-0.3, -0.25) is 0 Å². The van der Waals surface area contributed by atoms with Crippen molar-refractivity contribution >= 4 is 11.7 Å². The molecular formula is C16H23NO3. The summed E-state index contributed by atoms with van der Waals surface area (Å²) in [6.45, 7) is 7.53. The number of rotatable bonds is 6. The Morgan fingerprint density at radius 1 is 1.45 bits per heavy atom. The van der Waals surface area contributed by atoms with Crippen LogP contribution in [0.15, 0.2) is 18.2 Å². The minimum atomic E-state index is -0.834. The van der Waals surface area contributed by atoms with Crippen LogP contribution >= 0.6 is 0 Å². The normalized spacial score (nSPS) is 14.4. The molecule has 0 radical (unpaired) electrons. The molecule has 0 bridgehead atoms. The standard InChI is InChI=1S/C16H23NO3/c1-12(2)11-20-10-9-17-8-4-6-13-14(16(18)19)5-3-7-15(13)17/h3,5,7,12H,4,6,8-11H2,1-2H3,(H,18,19). The fraction of sp³-hybridized carbons (Fsp3) is 0.562. The molecule has 0 unspecified atom stereocenters. The van der Waals surface area contributed by atoms with E-state index in [-0.39, 0.29) is 0 Å². The van der Waals surface area contributed by atoms with Crippen LogP contribution in [0, 0.1) is 5.92 Å². The van der Waals surface area contributed by atoms with E-state index in [1.165, 1.54) is 0 Å². The maximum absolute atomic E-state index is 11.3. The Morgan fingerprint density at radius 2 is 2.25 bits per heavy atom. The molecule has 4 nitrogen and oxygen atoms in total. The van der Waals surface area contributed by atoms with Crippen LogP contribution in [0.25, 0.3) is 0 Å². The number of ether oxygens (including phenoxy) is 1. The zero-order valence-corrected chi connectivity index (χ0v) is 12.3. The lowest BCUT2D eigenvalue weighted by Gasteiger charge is -2.32. The topological polar surface area (TPSA) is 49.8 Å². The maximum Gasteiger partial charge on any atom is 0.336 e. The van der Waals surface area contributed by atoms with Crippen LogP contribution in [-0.2, 0) is 11.2 Å². The zero-order chi connectivity index (χ0) is 14.5. The molecule has 1 aliphatic heterocycles. The van der Waals surface area contributed by atoms with Crippen molar-refractivity contribution in [2.75, 3.05) is 31.2 Å². The second-order valence-electron chi connectivity index (χ2n) is 5.67. The first-order valence-corrected chi connectivity index (χ1v) is 7.27. The molecule has 0 saturated carbocycles. The third-order valence-corrected chi connectivity index (χ3v) is 3.53. The van der Waals surface area contributed by atoms with Crippen molar-refractivity contribution in [2.45, 2.75) is 26.7 Å². The number of aromatic carboxylic acids is 1.